The van der Waals surface area contributed by atoms with Crippen molar-refractivity contribution in [2.75, 3.05) is 0 Å². The molecule has 2 unspecified atom stereocenters. The van der Waals surface area contributed by atoms with Crippen molar-refractivity contribution in [3.8, 4) is 0 Å². The molecular weight excluding hydrogens is 238 g/mol. The fraction of sp³-hybridized carbons (Fsp3) is 0.562. The molecule has 3 heteroatoms. The van der Waals surface area contributed by atoms with Crippen LogP contribution in [0.1, 0.15) is 44.2 Å². The second-order valence-electron chi connectivity index (χ2n) is 5.27. The van der Waals surface area contributed by atoms with E-state index in [0.29, 0.717) is 6.42 Å². The summed E-state index contributed by atoms with van der Waals surface area (Å²) in [6.07, 6.45) is 3.50. The number of benzene rings is 1. The monoisotopic (exact) mass is 263 g/mol. The predicted octanol–water partition coefficient (Wildman–Crippen LogP) is 3.16. The number of hydrogen-bond donors (Lipinski definition) is 2. The topological polar surface area (TPSA) is 49.3 Å². The molecule has 106 valence electrons. The van der Waals surface area contributed by atoms with Gasteiger partial charge in [0.25, 0.3) is 0 Å². The van der Waals surface area contributed by atoms with Crippen LogP contribution in [0.4, 0.5) is 0 Å². The highest BCUT2D eigenvalue weighted by molar-refractivity contribution is 5.73. The van der Waals surface area contributed by atoms with E-state index in [1.165, 1.54) is 11.1 Å². The van der Waals surface area contributed by atoms with Gasteiger partial charge in [0.2, 0.25) is 0 Å². The van der Waals surface area contributed by atoms with Crippen LogP contribution in [-0.2, 0) is 11.2 Å². The maximum atomic E-state index is 11.1. The lowest BCUT2D eigenvalue weighted by molar-refractivity contribution is -0.139. The van der Waals surface area contributed by atoms with E-state index in [4.69, 9.17) is 5.11 Å². The number of hydrogen-bond acceptors (Lipinski definition) is 2. The molecule has 0 fully saturated rings. The lowest BCUT2D eigenvalue weighted by atomic mass is 10.0. The van der Waals surface area contributed by atoms with Crippen LogP contribution >= 0.6 is 0 Å². The SMILES string of the molecule is CCCC(NC(C)CCc1cccc(C)c1)C(=O)O. The fourth-order valence-electron chi connectivity index (χ4n) is 2.24. The van der Waals surface area contributed by atoms with Crippen molar-refractivity contribution in [1.29, 1.82) is 0 Å². The van der Waals surface area contributed by atoms with Crippen LogP contribution in [0.2, 0.25) is 0 Å². The maximum absolute atomic E-state index is 11.1. The van der Waals surface area contributed by atoms with Gasteiger partial charge in [0.1, 0.15) is 6.04 Å². The van der Waals surface area contributed by atoms with Crippen molar-refractivity contribution in [3.05, 3.63) is 35.4 Å². The minimum atomic E-state index is -0.746. The van der Waals surface area contributed by atoms with Gasteiger partial charge in [-0.2, -0.15) is 0 Å². The normalized spacial score (nSPS) is 14.1. The smallest absolute Gasteiger partial charge is 0.320 e. The third-order valence-electron chi connectivity index (χ3n) is 3.31. The molecule has 0 aliphatic heterocycles. The first-order chi connectivity index (χ1) is 9.02. The lowest BCUT2D eigenvalue weighted by Gasteiger charge is -2.19. The maximum Gasteiger partial charge on any atom is 0.320 e. The van der Waals surface area contributed by atoms with Crippen LogP contribution in [0.15, 0.2) is 24.3 Å². The number of nitrogens with one attached hydrogen (secondary N) is 1. The first-order valence-corrected chi connectivity index (χ1v) is 7.07. The summed E-state index contributed by atoms with van der Waals surface area (Å²) in [6, 6.07) is 8.27. The Balaban J connectivity index is 2.42. The van der Waals surface area contributed by atoms with E-state index in [1.807, 2.05) is 6.92 Å². The van der Waals surface area contributed by atoms with Crippen molar-refractivity contribution in [3.63, 3.8) is 0 Å². The van der Waals surface area contributed by atoms with Gasteiger partial charge in [-0.3, -0.25) is 4.79 Å². The molecule has 0 saturated carbocycles. The summed E-state index contributed by atoms with van der Waals surface area (Å²) >= 11 is 0. The molecule has 0 aromatic heterocycles. The zero-order valence-electron chi connectivity index (χ0n) is 12.1. The van der Waals surface area contributed by atoms with Gasteiger partial charge in [0.15, 0.2) is 0 Å². The number of rotatable bonds is 8. The first-order valence-electron chi connectivity index (χ1n) is 7.07. The van der Waals surface area contributed by atoms with E-state index < -0.39 is 12.0 Å². The Morgan fingerprint density at radius 3 is 2.68 bits per heavy atom. The Kier molecular flexibility index (Phi) is 6.57. The van der Waals surface area contributed by atoms with E-state index in [0.717, 1.165) is 19.3 Å². The third kappa shape index (κ3) is 5.88. The van der Waals surface area contributed by atoms with Crippen LogP contribution in [0.25, 0.3) is 0 Å². The number of carboxylic acid groups (broad SMARTS) is 1. The van der Waals surface area contributed by atoms with Gasteiger partial charge in [0, 0.05) is 6.04 Å². The molecule has 0 heterocycles. The summed E-state index contributed by atoms with van der Waals surface area (Å²) in [5.74, 6) is -0.746. The van der Waals surface area contributed by atoms with Gasteiger partial charge >= 0.3 is 5.97 Å². The third-order valence-corrected chi connectivity index (χ3v) is 3.31. The molecule has 0 spiro atoms. The molecule has 0 aliphatic rings. The molecule has 0 amide bonds. The number of carbonyl (C=O) groups is 1. The lowest BCUT2D eigenvalue weighted by Crippen LogP contribution is -2.42. The number of aryl methyl sites for hydroxylation is 2. The van der Waals surface area contributed by atoms with Crippen LogP contribution in [0.5, 0.6) is 0 Å². The molecule has 2 N–H and O–H groups in total. The molecule has 0 bridgehead atoms. The van der Waals surface area contributed by atoms with Crippen LogP contribution in [0, 0.1) is 6.92 Å². The highest BCUT2D eigenvalue weighted by Crippen LogP contribution is 2.09. The Hall–Kier alpha value is -1.35. The first kappa shape index (κ1) is 15.7. The summed E-state index contributed by atoms with van der Waals surface area (Å²) in [5.41, 5.74) is 2.59. The Morgan fingerprint density at radius 2 is 2.11 bits per heavy atom. The minimum absolute atomic E-state index is 0.216. The van der Waals surface area contributed by atoms with Crippen molar-refractivity contribution in [1.82, 2.24) is 5.32 Å². The summed E-state index contributed by atoms with van der Waals surface area (Å²) in [5, 5.41) is 12.3. The zero-order valence-corrected chi connectivity index (χ0v) is 12.1. The van der Waals surface area contributed by atoms with Gasteiger partial charge < -0.3 is 10.4 Å². The Labute approximate surface area is 116 Å². The van der Waals surface area contributed by atoms with Gasteiger partial charge in [-0.15, -0.1) is 0 Å². The Bertz CT molecular complexity index is 403. The number of aliphatic carboxylic acids is 1. The molecule has 0 aliphatic carbocycles. The Morgan fingerprint density at radius 1 is 1.37 bits per heavy atom. The van der Waals surface area contributed by atoms with Gasteiger partial charge in [-0.25, -0.2) is 0 Å². The highest BCUT2D eigenvalue weighted by atomic mass is 16.4. The standard InChI is InChI=1S/C16H25NO2/c1-4-6-15(16(18)19)17-13(3)9-10-14-8-5-7-12(2)11-14/h5,7-8,11,13,15,17H,4,6,9-10H2,1-3H3,(H,18,19). The van der Waals surface area contributed by atoms with E-state index >= 15 is 0 Å². The van der Waals surface area contributed by atoms with Crippen molar-refractivity contribution >= 4 is 5.97 Å². The fourth-order valence-corrected chi connectivity index (χ4v) is 2.24. The van der Waals surface area contributed by atoms with Crippen molar-refractivity contribution in [2.45, 2.75) is 58.5 Å². The highest BCUT2D eigenvalue weighted by Gasteiger charge is 2.18. The largest absolute Gasteiger partial charge is 0.480 e. The predicted molar refractivity (Wildman–Crippen MR) is 78.4 cm³/mol. The molecular formula is C16H25NO2. The number of carboxylic acids is 1. The molecule has 19 heavy (non-hydrogen) atoms. The molecule has 0 saturated heterocycles. The quantitative estimate of drug-likeness (QED) is 0.757. The van der Waals surface area contributed by atoms with Gasteiger partial charge in [-0.1, -0.05) is 43.2 Å². The minimum Gasteiger partial charge on any atom is -0.480 e. The summed E-state index contributed by atoms with van der Waals surface area (Å²) in [6.45, 7) is 6.16. The molecule has 1 aromatic rings. The van der Waals surface area contributed by atoms with E-state index in [-0.39, 0.29) is 6.04 Å². The molecule has 2 atom stereocenters. The van der Waals surface area contributed by atoms with Gasteiger partial charge in [0.05, 0.1) is 0 Å². The van der Waals surface area contributed by atoms with Crippen LogP contribution in [-0.4, -0.2) is 23.2 Å². The van der Waals surface area contributed by atoms with Crippen LogP contribution in [0.3, 0.4) is 0 Å². The van der Waals surface area contributed by atoms with Crippen molar-refractivity contribution in [2.24, 2.45) is 0 Å². The van der Waals surface area contributed by atoms with Gasteiger partial charge in [-0.05, 0) is 38.7 Å². The van der Waals surface area contributed by atoms with Crippen molar-refractivity contribution < 1.29 is 9.90 Å². The zero-order chi connectivity index (χ0) is 14.3. The molecule has 0 radical (unpaired) electrons. The van der Waals surface area contributed by atoms with E-state index in [1.54, 1.807) is 0 Å². The second-order valence-corrected chi connectivity index (χ2v) is 5.27. The molecule has 1 rings (SSSR count). The molecule has 1 aromatic carbocycles. The summed E-state index contributed by atoms with van der Waals surface area (Å²) in [4.78, 5) is 11.1. The summed E-state index contributed by atoms with van der Waals surface area (Å²) < 4.78 is 0. The van der Waals surface area contributed by atoms with E-state index in [9.17, 15) is 4.79 Å². The summed E-state index contributed by atoms with van der Waals surface area (Å²) in [7, 11) is 0. The van der Waals surface area contributed by atoms with E-state index in [2.05, 4.69) is 43.4 Å². The average molecular weight is 263 g/mol. The van der Waals surface area contributed by atoms with Crippen LogP contribution < -0.4 is 5.32 Å². The average Bonchev–Trinajstić information content (AvgIpc) is 2.36. The second kappa shape index (κ2) is 7.95. The molecule has 3 nitrogen and oxygen atoms in total.